The zero-order valence-corrected chi connectivity index (χ0v) is 10.6. The summed E-state index contributed by atoms with van der Waals surface area (Å²) < 4.78 is 0. The van der Waals surface area contributed by atoms with Crippen LogP contribution in [-0.2, 0) is 12.0 Å². The minimum Gasteiger partial charge on any atom is -0.396 e. The van der Waals surface area contributed by atoms with Crippen molar-refractivity contribution in [3.05, 3.63) is 35.4 Å². The van der Waals surface area contributed by atoms with E-state index < -0.39 is 0 Å². The van der Waals surface area contributed by atoms with Crippen LogP contribution in [0.25, 0.3) is 0 Å². The maximum Gasteiger partial charge on any atom is 0.0443 e. The number of hydrogen-bond donors (Lipinski definition) is 2. The predicted octanol–water partition coefficient (Wildman–Crippen LogP) is 2.46. The monoisotopic (exact) mass is 221 g/mol. The maximum atomic E-state index is 8.65. The molecule has 0 heterocycles. The second-order valence-corrected chi connectivity index (χ2v) is 5.20. The molecule has 0 unspecified atom stereocenters. The fraction of sp³-hybridized carbons (Fsp3) is 0.571. The summed E-state index contributed by atoms with van der Waals surface area (Å²) in [5.41, 5.74) is 2.89. The number of hydrogen-bond acceptors (Lipinski definition) is 2. The van der Waals surface area contributed by atoms with Gasteiger partial charge in [-0.25, -0.2) is 0 Å². The molecule has 0 aliphatic rings. The highest BCUT2D eigenvalue weighted by Gasteiger charge is 2.12. The van der Waals surface area contributed by atoms with E-state index in [1.807, 2.05) is 0 Å². The van der Waals surface area contributed by atoms with Gasteiger partial charge >= 0.3 is 0 Å². The molecule has 0 amide bonds. The van der Waals surface area contributed by atoms with Gasteiger partial charge in [0.05, 0.1) is 0 Å². The van der Waals surface area contributed by atoms with E-state index in [9.17, 15) is 0 Å². The van der Waals surface area contributed by atoms with Crippen molar-refractivity contribution in [3.8, 4) is 0 Å². The summed E-state index contributed by atoms with van der Waals surface area (Å²) in [4.78, 5) is 0. The number of nitrogens with one attached hydrogen (secondary N) is 1. The van der Waals surface area contributed by atoms with Crippen LogP contribution in [0.2, 0.25) is 0 Å². The van der Waals surface area contributed by atoms with Gasteiger partial charge in [-0.1, -0.05) is 45.0 Å². The topological polar surface area (TPSA) is 32.3 Å². The molecule has 0 aliphatic heterocycles. The SMILES string of the molecule is CC(C)(C)c1ccc(CNCCCO)cc1. The average Bonchev–Trinajstić information content (AvgIpc) is 2.24. The summed E-state index contributed by atoms with van der Waals surface area (Å²) in [5, 5.41) is 12.0. The molecule has 90 valence electrons. The van der Waals surface area contributed by atoms with Crippen LogP contribution in [0.1, 0.15) is 38.3 Å². The fourth-order valence-electron chi connectivity index (χ4n) is 1.56. The molecule has 0 atom stereocenters. The van der Waals surface area contributed by atoms with E-state index in [1.165, 1.54) is 11.1 Å². The van der Waals surface area contributed by atoms with Crippen LogP contribution < -0.4 is 5.32 Å². The summed E-state index contributed by atoms with van der Waals surface area (Å²) in [6.45, 7) is 8.68. The van der Waals surface area contributed by atoms with E-state index in [0.29, 0.717) is 0 Å². The van der Waals surface area contributed by atoms with Crippen LogP contribution in [0.4, 0.5) is 0 Å². The van der Waals surface area contributed by atoms with Crippen molar-refractivity contribution in [2.75, 3.05) is 13.2 Å². The zero-order chi connectivity index (χ0) is 12.0. The summed E-state index contributed by atoms with van der Waals surface area (Å²) in [5.74, 6) is 0. The van der Waals surface area contributed by atoms with Gasteiger partial charge < -0.3 is 10.4 Å². The Morgan fingerprint density at radius 3 is 2.25 bits per heavy atom. The first kappa shape index (κ1) is 13.2. The van der Waals surface area contributed by atoms with Crippen molar-refractivity contribution in [1.82, 2.24) is 5.32 Å². The Bertz CT molecular complexity index is 298. The van der Waals surface area contributed by atoms with Gasteiger partial charge in [-0.05, 0) is 29.5 Å². The lowest BCUT2D eigenvalue weighted by Crippen LogP contribution is -2.16. The second-order valence-electron chi connectivity index (χ2n) is 5.20. The van der Waals surface area contributed by atoms with Gasteiger partial charge in [0, 0.05) is 13.2 Å². The molecule has 0 radical (unpaired) electrons. The minimum absolute atomic E-state index is 0.225. The van der Waals surface area contributed by atoms with Crippen LogP contribution in [-0.4, -0.2) is 18.3 Å². The molecule has 2 heteroatoms. The van der Waals surface area contributed by atoms with Crippen molar-refractivity contribution in [3.63, 3.8) is 0 Å². The van der Waals surface area contributed by atoms with Crippen molar-refractivity contribution in [1.29, 1.82) is 0 Å². The molecule has 0 bridgehead atoms. The Labute approximate surface area is 98.7 Å². The number of aliphatic hydroxyl groups excluding tert-OH is 1. The highest BCUT2D eigenvalue weighted by molar-refractivity contribution is 5.27. The van der Waals surface area contributed by atoms with E-state index >= 15 is 0 Å². The molecule has 2 nitrogen and oxygen atoms in total. The smallest absolute Gasteiger partial charge is 0.0443 e. The van der Waals surface area contributed by atoms with Gasteiger partial charge in [-0.3, -0.25) is 0 Å². The molecule has 1 rings (SSSR count). The Kier molecular flexibility index (Phi) is 4.97. The maximum absolute atomic E-state index is 8.65. The predicted molar refractivity (Wildman–Crippen MR) is 68.6 cm³/mol. The molecule has 0 saturated carbocycles. The molecule has 0 aromatic heterocycles. The number of benzene rings is 1. The van der Waals surface area contributed by atoms with Crippen molar-refractivity contribution in [2.24, 2.45) is 0 Å². The number of rotatable bonds is 5. The standard InChI is InChI=1S/C14H23NO/c1-14(2,3)13-7-5-12(6-8-13)11-15-9-4-10-16/h5-8,15-16H,4,9-11H2,1-3H3. The summed E-state index contributed by atoms with van der Waals surface area (Å²) in [7, 11) is 0. The Morgan fingerprint density at radius 1 is 1.12 bits per heavy atom. The first-order valence-corrected chi connectivity index (χ1v) is 5.95. The van der Waals surface area contributed by atoms with Gasteiger partial charge in [-0.2, -0.15) is 0 Å². The molecule has 1 aromatic carbocycles. The first-order chi connectivity index (χ1) is 7.54. The molecule has 16 heavy (non-hydrogen) atoms. The lowest BCUT2D eigenvalue weighted by molar-refractivity contribution is 0.286. The average molecular weight is 221 g/mol. The lowest BCUT2D eigenvalue weighted by Gasteiger charge is -2.19. The molecule has 0 saturated heterocycles. The van der Waals surface area contributed by atoms with Gasteiger partial charge in [0.2, 0.25) is 0 Å². The molecule has 1 aromatic rings. The Balaban J connectivity index is 2.46. The molecular weight excluding hydrogens is 198 g/mol. The van der Waals surface area contributed by atoms with E-state index in [2.05, 4.69) is 50.4 Å². The zero-order valence-electron chi connectivity index (χ0n) is 10.6. The van der Waals surface area contributed by atoms with Crippen LogP contribution >= 0.6 is 0 Å². The Morgan fingerprint density at radius 2 is 1.75 bits per heavy atom. The van der Waals surface area contributed by atoms with Crippen LogP contribution in [0.15, 0.2) is 24.3 Å². The van der Waals surface area contributed by atoms with Gasteiger partial charge in [0.15, 0.2) is 0 Å². The third-order valence-corrected chi connectivity index (χ3v) is 2.66. The third-order valence-electron chi connectivity index (χ3n) is 2.66. The second kappa shape index (κ2) is 6.02. The molecule has 0 spiro atoms. The molecule has 0 fully saturated rings. The summed E-state index contributed by atoms with van der Waals surface area (Å²) in [6, 6.07) is 8.74. The highest BCUT2D eigenvalue weighted by Crippen LogP contribution is 2.21. The van der Waals surface area contributed by atoms with Crippen LogP contribution in [0.5, 0.6) is 0 Å². The molecule has 2 N–H and O–H groups in total. The summed E-state index contributed by atoms with van der Waals surface area (Å²) in [6.07, 6.45) is 0.820. The fourth-order valence-corrected chi connectivity index (χ4v) is 1.56. The van der Waals surface area contributed by atoms with Crippen molar-refractivity contribution in [2.45, 2.75) is 39.2 Å². The largest absolute Gasteiger partial charge is 0.396 e. The lowest BCUT2D eigenvalue weighted by atomic mass is 9.87. The molecular formula is C14H23NO. The van der Waals surface area contributed by atoms with E-state index in [1.54, 1.807) is 0 Å². The quantitative estimate of drug-likeness (QED) is 0.749. The van der Waals surface area contributed by atoms with Crippen LogP contribution in [0.3, 0.4) is 0 Å². The van der Waals surface area contributed by atoms with E-state index in [4.69, 9.17) is 5.11 Å². The first-order valence-electron chi connectivity index (χ1n) is 5.95. The Hall–Kier alpha value is -0.860. The van der Waals surface area contributed by atoms with Gasteiger partial charge in [0.25, 0.3) is 0 Å². The van der Waals surface area contributed by atoms with Crippen LogP contribution in [0, 0.1) is 0 Å². The molecule has 0 aliphatic carbocycles. The normalized spacial score (nSPS) is 11.8. The number of aliphatic hydroxyl groups is 1. The third kappa shape index (κ3) is 4.33. The van der Waals surface area contributed by atoms with E-state index in [-0.39, 0.29) is 12.0 Å². The minimum atomic E-state index is 0.225. The van der Waals surface area contributed by atoms with E-state index in [0.717, 1.165) is 19.5 Å². The van der Waals surface area contributed by atoms with Crippen molar-refractivity contribution >= 4 is 0 Å². The van der Waals surface area contributed by atoms with Crippen molar-refractivity contribution < 1.29 is 5.11 Å². The van der Waals surface area contributed by atoms with Gasteiger partial charge in [-0.15, -0.1) is 0 Å². The van der Waals surface area contributed by atoms with Gasteiger partial charge in [0.1, 0.15) is 0 Å². The highest BCUT2D eigenvalue weighted by atomic mass is 16.3. The summed E-state index contributed by atoms with van der Waals surface area (Å²) >= 11 is 0.